The number of benzene rings is 1. The van der Waals surface area contributed by atoms with Gasteiger partial charge in [0.1, 0.15) is 6.54 Å². The molecule has 1 aromatic carbocycles. The number of carbonyl (C=O) groups is 3. The van der Waals surface area contributed by atoms with Crippen molar-refractivity contribution in [2.75, 3.05) is 30.8 Å². The Hall–Kier alpha value is -3.13. The molecule has 2 rings (SSSR count). The molecular formula is C19H24N3O5+. The van der Waals surface area contributed by atoms with Crippen LogP contribution in [0.3, 0.4) is 0 Å². The van der Waals surface area contributed by atoms with Crippen LogP contribution in [0.25, 0.3) is 0 Å². The Morgan fingerprint density at radius 1 is 1.04 bits per heavy atom. The van der Waals surface area contributed by atoms with Gasteiger partial charge in [-0.05, 0) is 43.3 Å². The van der Waals surface area contributed by atoms with Crippen LogP contribution in [0, 0.1) is 0 Å². The smallest absolute Gasteiger partial charge is 0.373 e. The van der Waals surface area contributed by atoms with E-state index < -0.39 is 5.97 Å². The fourth-order valence-electron chi connectivity index (χ4n) is 2.51. The summed E-state index contributed by atoms with van der Waals surface area (Å²) in [5, 5.41) is 5.50. The number of methoxy groups -OCH3 is 1. The normalized spacial score (nSPS) is 11.5. The van der Waals surface area contributed by atoms with Gasteiger partial charge in [-0.25, -0.2) is 4.79 Å². The Morgan fingerprint density at radius 2 is 1.67 bits per heavy atom. The van der Waals surface area contributed by atoms with Crippen molar-refractivity contribution in [2.24, 2.45) is 0 Å². The van der Waals surface area contributed by atoms with Crippen molar-refractivity contribution in [1.82, 2.24) is 0 Å². The van der Waals surface area contributed by atoms with Gasteiger partial charge in [0.05, 0.1) is 13.7 Å². The third-order valence-electron chi connectivity index (χ3n) is 3.87. The van der Waals surface area contributed by atoms with Crippen LogP contribution < -0.4 is 15.5 Å². The molecule has 1 atom stereocenters. The van der Waals surface area contributed by atoms with Gasteiger partial charge in [-0.15, -0.1) is 0 Å². The Bertz CT molecular complexity index is 798. The Kier molecular flexibility index (Phi) is 7.13. The number of rotatable bonds is 8. The minimum atomic E-state index is -0.528. The van der Waals surface area contributed by atoms with E-state index in [2.05, 4.69) is 15.4 Å². The molecule has 0 fully saturated rings. The molecule has 8 nitrogen and oxygen atoms in total. The predicted octanol–water partition coefficient (Wildman–Crippen LogP) is 1.07. The number of likely N-dealkylation sites (N-methyl/N-ethyl adjacent to an activating group) is 1. The Labute approximate surface area is 157 Å². The molecule has 2 amide bonds. The van der Waals surface area contributed by atoms with Crippen LogP contribution >= 0.6 is 0 Å². The van der Waals surface area contributed by atoms with Crippen molar-refractivity contribution in [3.8, 4) is 0 Å². The molecule has 0 aliphatic carbocycles. The fourth-order valence-corrected chi connectivity index (χ4v) is 2.51. The second-order valence-electron chi connectivity index (χ2n) is 6.02. The number of quaternary nitrogens is 1. The molecule has 144 valence electrons. The summed E-state index contributed by atoms with van der Waals surface area (Å²) in [6.45, 7) is 4.84. The second-order valence-corrected chi connectivity index (χ2v) is 6.02. The maximum absolute atomic E-state index is 12.3. The number of nitrogens with one attached hydrogen (secondary N) is 3. The maximum Gasteiger partial charge on any atom is 0.373 e. The van der Waals surface area contributed by atoms with E-state index in [0.717, 1.165) is 4.90 Å². The Morgan fingerprint density at radius 3 is 2.22 bits per heavy atom. The van der Waals surface area contributed by atoms with Crippen LogP contribution in [0.15, 0.2) is 40.8 Å². The highest BCUT2D eigenvalue weighted by atomic mass is 16.5. The molecule has 0 saturated heterocycles. The van der Waals surface area contributed by atoms with E-state index in [9.17, 15) is 14.4 Å². The first-order valence-corrected chi connectivity index (χ1v) is 8.59. The number of ether oxygens (including phenoxy) is 1. The minimum absolute atomic E-state index is 0.140. The van der Waals surface area contributed by atoms with Gasteiger partial charge in [-0.1, -0.05) is 0 Å². The average Bonchev–Trinajstić information content (AvgIpc) is 3.10. The fraction of sp³-hybridized carbons (Fsp3) is 0.316. The standard InChI is InChI=1S/C19H23N3O5/c1-4-22(11-16-9-10-17(27-16)19(25)26-3)12-18(24)21-15-7-5-14(6-8-15)20-13(2)23/h5-10H,4,11-12H2,1-3H3,(H,20,23)(H,21,24)/p+1. The third-order valence-corrected chi connectivity index (χ3v) is 3.87. The van der Waals surface area contributed by atoms with Crippen molar-refractivity contribution >= 4 is 29.2 Å². The molecule has 1 aromatic heterocycles. The monoisotopic (exact) mass is 374 g/mol. The summed E-state index contributed by atoms with van der Waals surface area (Å²) in [7, 11) is 1.29. The first-order chi connectivity index (χ1) is 12.9. The summed E-state index contributed by atoms with van der Waals surface area (Å²) in [5.74, 6) is -0.0627. The van der Waals surface area contributed by atoms with Crippen LogP contribution in [0.4, 0.5) is 11.4 Å². The van der Waals surface area contributed by atoms with E-state index in [4.69, 9.17) is 4.42 Å². The van der Waals surface area contributed by atoms with Gasteiger partial charge in [0.2, 0.25) is 11.7 Å². The van der Waals surface area contributed by atoms with Crippen molar-refractivity contribution in [2.45, 2.75) is 20.4 Å². The molecule has 3 N–H and O–H groups in total. The molecule has 8 heteroatoms. The van der Waals surface area contributed by atoms with Crippen LogP contribution in [0.1, 0.15) is 30.2 Å². The lowest BCUT2D eigenvalue weighted by atomic mass is 10.2. The van der Waals surface area contributed by atoms with Gasteiger partial charge in [-0.3, -0.25) is 9.59 Å². The zero-order chi connectivity index (χ0) is 19.8. The molecule has 0 radical (unpaired) electrons. The van der Waals surface area contributed by atoms with Gasteiger partial charge in [-0.2, -0.15) is 0 Å². The molecule has 0 spiro atoms. The number of furan rings is 1. The van der Waals surface area contributed by atoms with Crippen molar-refractivity contribution in [1.29, 1.82) is 0 Å². The predicted molar refractivity (Wildman–Crippen MR) is 99.5 cm³/mol. The molecule has 0 aliphatic heterocycles. The first-order valence-electron chi connectivity index (χ1n) is 8.59. The van der Waals surface area contributed by atoms with Crippen molar-refractivity contribution in [3.05, 3.63) is 47.9 Å². The highest BCUT2D eigenvalue weighted by Crippen LogP contribution is 2.13. The summed E-state index contributed by atoms with van der Waals surface area (Å²) in [5.41, 5.74) is 1.32. The maximum atomic E-state index is 12.3. The van der Waals surface area contributed by atoms with Gasteiger partial charge >= 0.3 is 5.97 Å². The molecule has 0 aliphatic rings. The summed E-state index contributed by atoms with van der Waals surface area (Å²) in [4.78, 5) is 35.7. The first kappa shape index (κ1) is 20.2. The zero-order valence-corrected chi connectivity index (χ0v) is 15.6. The van der Waals surface area contributed by atoms with Crippen LogP contribution in [-0.2, 0) is 20.9 Å². The van der Waals surface area contributed by atoms with Crippen molar-refractivity contribution in [3.63, 3.8) is 0 Å². The average molecular weight is 374 g/mol. The highest BCUT2D eigenvalue weighted by molar-refractivity contribution is 5.92. The lowest BCUT2D eigenvalue weighted by Crippen LogP contribution is -3.11. The lowest BCUT2D eigenvalue weighted by Gasteiger charge is -2.16. The van der Waals surface area contributed by atoms with E-state index in [-0.39, 0.29) is 24.1 Å². The summed E-state index contributed by atoms with van der Waals surface area (Å²) >= 11 is 0. The quantitative estimate of drug-likeness (QED) is 0.600. The van der Waals surface area contributed by atoms with Crippen LogP contribution in [-0.4, -0.2) is 38.0 Å². The van der Waals surface area contributed by atoms with Crippen LogP contribution in [0.5, 0.6) is 0 Å². The SMILES string of the molecule is CC[NH+](CC(=O)Nc1ccc(NC(C)=O)cc1)Cc1ccc(C(=O)OC)o1. The number of hydrogen-bond acceptors (Lipinski definition) is 5. The molecule has 27 heavy (non-hydrogen) atoms. The van der Waals surface area contributed by atoms with Gasteiger partial charge in [0.15, 0.2) is 12.3 Å². The van der Waals surface area contributed by atoms with Crippen molar-refractivity contribution < 1.29 is 28.4 Å². The second kappa shape index (κ2) is 9.54. The summed E-state index contributed by atoms with van der Waals surface area (Å²) in [6.07, 6.45) is 0. The summed E-state index contributed by atoms with van der Waals surface area (Å²) in [6, 6.07) is 10.2. The molecule has 0 saturated carbocycles. The topological polar surface area (TPSA) is 102 Å². The summed E-state index contributed by atoms with van der Waals surface area (Å²) < 4.78 is 10.1. The number of amides is 2. The minimum Gasteiger partial charge on any atom is -0.463 e. The lowest BCUT2D eigenvalue weighted by molar-refractivity contribution is -0.904. The van der Waals surface area contributed by atoms with Gasteiger partial charge in [0.25, 0.3) is 5.91 Å². The molecule has 1 heterocycles. The van der Waals surface area contributed by atoms with Crippen LogP contribution in [0.2, 0.25) is 0 Å². The number of carbonyl (C=O) groups excluding carboxylic acids is 3. The van der Waals surface area contributed by atoms with E-state index >= 15 is 0 Å². The van der Waals surface area contributed by atoms with Gasteiger partial charge in [0, 0.05) is 18.3 Å². The van der Waals surface area contributed by atoms with Gasteiger partial charge < -0.3 is 24.7 Å². The van der Waals surface area contributed by atoms with E-state index in [1.807, 2.05) is 6.92 Å². The molecule has 1 unspecified atom stereocenters. The Balaban J connectivity index is 1.89. The molecular weight excluding hydrogens is 350 g/mol. The third kappa shape index (κ3) is 6.27. The highest BCUT2D eigenvalue weighted by Gasteiger charge is 2.17. The zero-order valence-electron chi connectivity index (χ0n) is 15.6. The van der Waals surface area contributed by atoms with E-state index in [0.29, 0.717) is 30.2 Å². The molecule has 0 bridgehead atoms. The molecule has 2 aromatic rings. The van der Waals surface area contributed by atoms with E-state index in [1.54, 1.807) is 36.4 Å². The number of anilines is 2. The number of hydrogen-bond donors (Lipinski definition) is 3. The number of esters is 1. The largest absolute Gasteiger partial charge is 0.463 e. The van der Waals surface area contributed by atoms with E-state index in [1.165, 1.54) is 14.0 Å².